The maximum Gasteiger partial charge on any atom is 0.143 e. The number of morpholine rings is 1. The van der Waals surface area contributed by atoms with Crippen molar-refractivity contribution in [2.75, 3.05) is 31.8 Å². The summed E-state index contributed by atoms with van der Waals surface area (Å²) in [6.07, 6.45) is 6.86. The number of aromatic nitrogens is 4. The summed E-state index contributed by atoms with van der Waals surface area (Å²) in [7, 11) is 1.65. The van der Waals surface area contributed by atoms with Gasteiger partial charge in [-0.05, 0) is 12.1 Å². The van der Waals surface area contributed by atoms with Crippen LogP contribution in [0, 0.1) is 0 Å². The molecule has 8 nitrogen and oxygen atoms in total. The summed E-state index contributed by atoms with van der Waals surface area (Å²) in [6, 6.07) is 5.81. The van der Waals surface area contributed by atoms with Gasteiger partial charge in [-0.1, -0.05) is 0 Å². The predicted octanol–water partition coefficient (Wildman–Crippen LogP) is 1.98. The molecule has 0 spiro atoms. The second-order valence-corrected chi connectivity index (χ2v) is 5.73. The summed E-state index contributed by atoms with van der Waals surface area (Å²) in [4.78, 5) is 15.0. The fraction of sp³-hybridized carbons (Fsp3) is 0.353. The minimum Gasteiger partial charge on any atom is -0.461 e. The molecule has 4 rings (SSSR count). The van der Waals surface area contributed by atoms with E-state index in [-0.39, 0.29) is 6.04 Å². The summed E-state index contributed by atoms with van der Waals surface area (Å²) in [5, 5.41) is 0. The van der Waals surface area contributed by atoms with Gasteiger partial charge in [0.05, 0.1) is 13.2 Å². The Morgan fingerprint density at radius 3 is 3.04 bits per heavy atom. The Morgan fingerprint density at radius 1 is 1.28 bits per heavy atom. The topological polar surface area (TPSA) is 78.4 Å². The molecule has 0 aliphatic carbocycles. The summed E-state index contributed by atoms with van der Waals surface area (Å²) in [5.74, 6) is 3.24. The molecule has 1 saturated heterocycles. The van der Waals surface area contributed by atoms with Crippen LogP contribution in [-0.2, 0) is 16.1 Å². The number of methoxy groups -OCH3 is 1. The van der Waals surface area contributed by atoms with Crippen molar-refractivity contribution in [3.63, 3.8) is 0 Å². The van der Waals surface area contributed by atoms with Crippen molar-refractivity contribution >= 4 is 5.82 Å². The molecule has 0 radical (unpaired) electrons. The minimum absolute atomic E-state index is 0.0371. The van der Waals surface area contributed by atoms with E-state index < -0.39 is 0 Å². The largest absolute Gasteiger partial charge is 0.461 e. The highest BCUT2D eigenvalue weighted by Crippen LogP contribution is 2.30. The lowest BCUT2D eigenvalue weighted by atomic mass is 10.1. The van der Waals surface area contributed by atoms with Gasteiger partial charge in [-0.15, -0.1) is 0 Å². The van der Waals surface area contributed by atoms with E-state index in [1.165, 1.54) is 0 Å². The first kappa shape index (κ1) is 15.8. The van der Waals surface area contributed by atoms with Gasteiger partial charge in [0, 0.05) is 32.1 Å². The maximum atomic E-state index is 5.91. The number of hydrogen-bond donors (Lipinski definition) is 0. The van der Waals surface area contributed by atoms with E-state index in [0.717, 1.165) is 29.7 Å². The first-order valence-corrected chi connectivity index (χ1v) is 8.07. The fourth-order valence-corrected chi connectivity index (χ4v) is 2.94. The van der Waals surface area contributed by atoms with E-state index in [2.05, 4.69) is 19.9 Å². The highest BCUT2D eigenvalue weighted by molar-refractivity contribution is 5.46. The summed E-state index contributed by atoms with van der Waals surface area (Å²) >= 11 is 0. The highest BCUT2D eigenvalue weighted by atomic mass is 16.5. The van der Waals surface area contributed by atoms with Gasteiger partial charge in [-0.2, -0.15) is 0 Å². The molecule has 1 unspecified atom stereocenters. The Labute approximate surface area is 145 Å². The van der Waals surface area contributed by atoms with Crippen LogP contribution < -0.4 is 4.90 Å². The average Bonchev–Trinajstić information content (AvgIpc) is 3.34. The first-order valence-electron chi connectivity index (χ1n) is 8.07. The highest BCUT2D eigenvalue weighted by Gasteiger charge is 2.28. The average molecular weight is 341 g/mol. The smallest absolute Gasteiger partial charge is 0.143 e. The Balaban J connectivity index is 1.63. The molecule has 8 heteroatoms. The summed E-state index contributed by atoms with van der Waals surface area (Å²) in [5.41, 5.74) is 0. The lowest BCUT2D eigenvalue weighted by molar-refractivity contribution is 0.0853. The monoisotopic (exact) mass is 341 g/mol. The minimum atomic E-state index is -0.0371. The van der Waals surface area contributed by atoms with Crippen LogP contribution in [0.3, 0.4) is 0 Å². The number of imidazole rings is 1. The van der Waals surface area contributed by atoms with E-state index in [1.54, 1.807) is 26.0 Å². The van der Waals surface area contributed by atoms with Crippen molar-refractivity contribution in [3.05, 3.63) is 54.8 Å². The zero-order chi connectivity index (χ0) is 17.1. The van der Waals surface area contributed by atoms with Crippen LogP contribution in [0.4, 0.5) is 5.82 Å². The molecule has 0 bridgehead atoms. The quantitative estimate of drug-likeness (QED) is 0.702. The third-order valence-corrected chi connectivity index (χ3v) is 4.13. The van der Waals surface area contributed by atoms with Crippen LogP contribution in [-0.4, -0.2) is 46.4 Å². The standard InChI is InChI=1S/C17H19N5O3/c1-23-9-13-2-3-15(25-13)14-10-24-7-6-22(14)17-8-16(19-11-20-17)21-5-4-18-12-21/h2-5,8,11-12,14H,6-7,9-10H2,1H3. The first-order chi connectivity index (χ1) is 12.3. The fourth-order valence-electron chi connectivity index (χ4n) is 2.94. The molecule has 3 aromatic heterocycles. The van der Waals surface area contributed by atoms with Crippen LogP contribution in [0.2, 0.25) is 0 Å². The Morgan fingerprint density at radius 2 is 2.20 bits per heavy atom. The molecule has 4 heterocycles. The second kappa shape index (κ2) is 7.04. The molecular formula is C17H19N5O3. The number of rotatable bonds is 5. The number of ether oxygens (including phenoxy) is 2. The van der Waals surface area contributed by atoms with Crippen LogP contribution in [0.15, 0.2) is 47.7 Å². The molecule has 1 aliphatic rings. The van der Waals surface area contributed by atoms with Crippen molar-refractivity contribution < 1.29 is 13.9 Å². The van der Waals surface area contributed by atoms with Gasteiger partial charge in [0.1, 0.15) is 48.5 Å². The lowest BCUT2D eigenvalue weighted by Crippen LogP contribution is -2.40. The SMILES string of the molecule is COCc1ccc(C2COCCN2c2cc(-n3ccnc3)ncn2)o1. The molecule has 1 atom stereocenters. The molecule has 0 saturated carbocycles. The zero-order valence-electron chi connectivity index (χ0n) is 13.9. The molecule has 1 aliphatic heterocycles. The molecule has 0 aromatic carbocycles. The van der Waals surface area contributed by atoms with Crippen molar-refractivity contribution in [1.82, 2.24) is 19.5 Å². The van der Waals surface area contributed by atoms with Gasteiger partial charge in [0.15, 0.2) is 0 Å². The number of nitrogens with zero attached hydrogens (tertiary/aromatic N) is 5. The van der Waals surface area contributed by atoms with Gasteiger partial charge >= 0.3 is 0 Å². The molecule has 0 N–H and O–H groups in total. The Kier molecular flexibility index (Phi) is 4.45. The number of anilines is 1. The van der Waals surface area contributed by atoms with Crippen LogP contribution in [0.1, 0.15) is 17.6 Å². The third-order valence-electron chi connectivity index (χ3n) is 4.13. The molecule has 1 fully saturated rings. The van der Waals surface area contributed by atoms with Crippen LogP contribution in [0.25, 0.3) is 5.82 Å². The van der Waals surface area contributed by atoms with Gasteiger partial charge in [0.2, 0.25) is 0 Å². The molecule has 130 valence electrons. The molecule has 0 amide bonds. The molecule has 25 heavy (non-hydrogen) atoms. The van der Waals surface area contributed by atoms with Crippen LogP contribution >= 0.6 is 0 Å². The predicted molar refractivity (Wildman–Crippen MR) is 89.5 cm³/mol. The van der Waals surface area contributed by atoms with E-state index in [0.29, 0.717) is 19.8 Å². The Bertz CT molecular complexity index is 817. The van der Waals surface area contributed by atoms with Gasteiger partial charge in [-0.3, -0.25) is 4.57 Å². The normalized spacial score (nSPS) is 17.8. The second-order valence-electron chi connectivity index (χ2n) is 5.73. The van der Waals surface area contributed by atoms with E-state index in [4.69, 9.17) is 13.9 Å². The lowest BCUT2D eigenvalue weighted by Gasteiger charge is -2.35. The molecule has 3 aromatic rings. The van der Waals surface area contributed by atoms with Crippen molar-refractivity contribution in [2.45, 2.75) is 12.6 Å². The Hall–Kier alpha value is -2.71. The zero-order valence-corrected chi connectivity index (χ0v) is 13.9. The van der Waals surface area contributed by atoms with E-state index in [9.17, 15) is 0 Å². The van der Waals surface area contributed by atoms with E-state index in [1.807, 2.05) is 29.0 Å². The van der Waals surface area contributed by atoms with Gasteiger partial charge in [0.25, 0.3) is 0 Å². The van der Waals surface area contributed by atoms with Gasteiger partial charge in [-0.25, -0.2) is 15.0 Å². The van der Waals surface area contributed by atoms with E-state index >= 15 is 0 Å². The summed E-state index contributed by atoms with van der Waals surface area (Å²) in [6.45, 7) is 2.37. The number of furan rings is 1. The summed E-state index contributed by atoms with van der Waals surface area (Å²) < 4.78 is 18.6. The van der Waals surface area contributed by atoms with Crippen LogP contribution in [0.5, 0.6) is 0 Å². The van der Waals surface area contributed by atoms with Crippen molar-refractivity contribution in [3.8, 4) is 5.82 Å². The number of hydrogen-bond acceptors (Lipinski definition) is 7. The van der Waals surface area contributed by atoms with Gasteiger partial charge < -0.3 is 18.8 Å². The third kappa shape index (κ3) is 3.26. The molecular weight excluding hydrogens is 322 g/mol. The van der Waals surface area contributed by atoms with Crippen molar-refractivity contribution in [2.24, 2.45) is 0 Å². The van der Waals surface area contributed by atoms with Crippen molar-refractivity contribution in [1.29, 1.82) is 0 Å². The maximum absolute atomic E-state index is 5.91.